The van der Waals surface area contributed by atoms with Gasteiger partial charge in [0.2, 0.25) is 0 Å². The van der Waals surface area contributed by atoms with Gasteiger partial charge in [0.15, 0.2) is 5.78 Å². The van der Waals surface area contributed by atoms with Crippen molar-refractivity contribution in [2.45, 2.75) is 58.6 Å². The van der Waals surface area contributed by atoms with E-state index in [1.807, 2.05) is 0 Å². The van der Waals surface area contributed by atoms with E-state index in [-0.39, 0.29) is 23.6 Å². The van der Waals surface area contributed by atoms with Gasteiger partial charge in [-0.1, -0.05) is 26.7 Å². The molecule has 1 aromatic rings. The molecule has 1 aliphatic heterocycles. The monoisotopic (exact) mass is 334 g/mol. The zero-order valence-electron chi connectivity index (χ0n) is 14.6. The Kier molecular flexibility index (Phi) is 6.31. The van der Waals surface area contributed by atoms with Gasteiger partial charge in [0.05, 0.1) is 11.0 Å². The predicted octanol–water partition coefficient (Wildman–Crippen LogP) is 4.19. The van der Waals surface area contributed by atoms with E-state index in [1.54, 1.807) is 12.1 Å². The van der Waals surface area contributed by atoms with Gasteiger partial charge in [0.1, 0.15) is 5.69 Å². The van der Waals surface area contributed by atoms with Crippen LogP contribution in [0.5, 0.6) is 0 Å². The molecule has 132 valence electrons. The van der Waals surface area contributed by atoms with E-state index < -0.39 is 4.92 Å². The van der Waals surface area contributed by atoms with Crippen molar-refractivity contribution in [3.8, 4) is 0 Å². The van der Waals surface area contributed by atoms with E-state index in [2.05, 4.69) is 19.2 Å². The highest BCUT2D eigenvalue weighted by molar-refractivity contribution is 5.95. The van der Waals surface area contributed by atoms with Crippen LogP contribution in [-0.2, 0) is 4.74 Å². The topological polar surface area (TPSA) is 81.5 Å². The predicted molar refractivity (Wildman–Crippen MR) is 93.6 cm³/mol. The van der Waals surface area contributed by atoms with Crippen LogP contribution in [0.3, 0.4) is 0 Å². The Morgan fingerprint density at radius 3 is 2.71 bits per heavy atom. The van der Waals surface area contributed by atoms with Gasteiger partial charge in [-0.2, -0.15) is 0 Å². The Morgan fingerprint density at radius 1 is 1.42 bits per heavy atom. The minimum absolute atomic E-state index is 0.0479. The Hall–Kier alpha value is -1.95. The summed E-state index contributed by atoms with van der Waals surface area (Å²) in [7, 11) is 0. The molecule has 1 N–H and O–H groups in total. The number of nitrogens with zero attached hydrogens (tertiary/aromatic N) is 1. The van der Waals surface area contributed by atoms with Gasteiger partial charge in [-0.3, -0.25) is 14.9 Å². The van der Waals surface area contributed by atoms with Crippen molar-refractivity contribution >= 4 is 17.2 Å². The zero-order chi connectivity index (χ0) is 17.7. The number of rotatable bonds is 7. The summed E-state index contributed by atoms with van der Waals surface area (Å²) in [6, 6.07) is 4.76. The largest absolute Gasteiger partial charge is 0.378 e. The Bertz CT molecular complexity index is 599. The minimum atomic E-state index is -0.438. The van der Waals surface area contributed by atoms with Gasteiger partial charge in [-0.05, 0) is 37.8 Å². The number of anilines is 1. The lowest BCUT2D eigenvalue weighted by molar-refractivity contribution is -0.384. The molecule has 0 amide bonds. The number of carbonyl (C=O) groups excluding carboxylic acids is 1. The number of nitrogens with one attached hydrogen (secondary N) is 1. The van der Waals surface area contributed by atoms with Gasteiger partial charge in [-0.15, -0.1) is 0 Å². The quantitative estimate of drug-likeness (QED) is 0.459. The fraction of sp³-hybridized carbons (Fsp3) is 0.611. The highest BCUT2D eigenvalue weighted by Gasteiger charge is 2.29. The van der Waals surface area contributed by atoms with Crippen molar-refractivity contribution in [1.82, 2.24) is 0 Å². The molecule has 2 atom stereocenters. The fourth-order valence-corrected chi connectivity index (χ4v) is 3.35. The third kappa shape index (κ3) is 4.32. The summed E-state index contributed by atoms with van der Waals surface area (Å²) >= 11 is 0. The number of nitro benzene ring substituents is 1. The van der Waals surface area contributed by atoms with Gasteiger partial charge in [0, 0.05) is 24.3 Å². The highest BCUT2D eigenvalue weighted by atomic mass is 16.6. The normalized spacial score (nSPS) is 20.8. The first kappa shape index (κ1) is 18.4. The van der Waals surface area contributed by atoms with Crippen molar-refractivity contribution < 1.29 is 14.5 Å². The molecule has 1 heterocycles. The van der Waals surface area contributed by atoms with E-state index in [1.165, 1.54) is 13.0 Å². The maximum Gasteiger partial charge on any atom is 0.293 e. The van der Waals surface area contributed by atoms with Gasteiger partial charge in [0.25, 0.3) is 5.69 Å². The number of benzene rings is 1. The van der Waals surface area contributed by atoms with Crippen LogP contribution in [-0.4, -0.2) is 29.5 Å². The first-order chi connectivity index (χ1) is 11.5. The molecule has 6 heteroatoms. The third-order valence-electron chi connectivity index (χ3n) is 4.85. The molecular formula is C18H26N2O4. The molecule has 24 heavy (non-hydrogen) atoms. The number of Topliss-reactive ketones (excluding diaryl/α,β-unsaturated/α-hetero) is 1. The molecule has 0 bridgehead atoms. The Labute approximate surface area is 142 Å². The molecule has 0 radical (unpaired) electrons. The van der Waals surface area contributed by atoms with Gasteiger partial charge in [-0.25, -0.2) is 0 Å². The molecule has 1 saturated heterocycles. The average molecular weight is 334 g/mol. The Morgan fingerprint density at radius 2 is 2.12 bits per heavy atom. The SMILES string of the molecule is CCC(CC)C1CC(Nc2ccc(C(C)=O)cc2[N+](=O)[O-])CCO1. The van der Waals surface area contributed by atoms with E-state index in [9.17, 15) is 14.9 Å². The number of hydrogen-bond donors (Lipinski definition) is 1. The number of ether oxygens (including phenoxy) is 1. The van der Waals surface area contributed by atoms with Gasteiger partial charge >= 0.3 is 0 Å². The van der Waals surface area contributed by atoms with E-state index in [0.29, 0.717) is 23.8 Å². The third-order valence-corrected chi connectivity index (χ3v) is 4.85. The highest BCUT2D eigenvalue weighted by Crippen LogP contribution is 2.31. The zero-order valence-corrected chi connectivity index (χ0v) is 14.6. The maximum absolute atomic E-state index is 11.4. The molecule has 6 nitrogen and oxygen atoms in total. The van der Waals surface area contributed by atoms with Crippen molar-refractivity contribution in [3.05, 3.63) is 33.9 Å². The van der Waals surface area contributed by atoms with Crippen LogP contribution in [0.2, 0.25) is 0 Å². The summed E-state index contributed by atoms with van der Waals surface area (Å²) in [5.41, 5.74) is 0.780. The number of ketones is 1. The maximum atomic E-state index is 11.4. The summed E-state index contributed by atoms with van der Waals surface area (Å²) in [6.07, 6.45) is 4.00. The lowest BCUT2D eigenvalue weighted by Crippen LogP contribution is -2.38. The second-order valence-corrected chi connectivity index (χ2v) is 6.40. The molecular weight excluding hydrogens is 308 g/mol. The molecule has 0 aliphatic carbocycles. The second-order valence-electron chi connectivity index (χ2n) is 6.40. The van der Waals surface area contributed by atoms with Crippen LogP contribution in [0.25, 0.3) is 0 Å². The molecule has 0 spiro atoms. The summed E-state index contributed by atoms with van der Waals surface area (Å²) < 4.78 is 5.90. The molecule has 2 rings (SSSR count). The number of nitro groups is 1. The van der Waals surface area contributed by atoms with Crippen LogP contribution in [0.1, 0.15) is 56.8 Å². The van der Waals surface area contributed by atoms with Crippen LogP contribution in [0.4, 0.5) is 11.4 Å². The Balaban J connectivity index is 2.15. The first-order valence-electron chi connectivity index (χ1n) is 8.63. The first-order valence-corrected chi connectivity index (χ1v) is 8.63. The summed E-state index contributed by atoms with van der Waals surface area (Å²) in [6.45, 7) is 6.41. The molecule has 1 aromatic carbocycles. The van der Waals surface area contributed by atoms with Crippen molar-refractivity contribution in [2.24, 2.45) is 5.92 Å². The van der Waals surface area contributed by atoms with Crippen LogP contribution >= 0.6 is 0 Å². The molecule has 0 aromatic heterocycles. The van der Waals surface area contributed by atoms with E-state index in [4.69, 9.17) is 4.74 Å². The van der Waals surface area contributed by atoms with Crippen molar-refractivity contribution in [2.75, 3.05) is 11.9 Å². The lowest BCUT2D eigenvalue weighted by Gasteiger charge is -2.34. The summed E-state index contributed by atoms with van der Waals surface area (Å²) in [4.78, 5) is 22.3. The summed E-state index contributed by atoms with van der Waals surface area (Å²) in [5, 5.41) is 14.6. The van der Waals surface area contributed by atoms with Crippen molar-refractivity contribution in [3.63, 3.8) is 0 Å². The second kappa shape index (κ2) is 8.24. The number of carbonyl (C=O) groups is 1. The van der Waals surface area contributed by atoms with Crippen LogP contribution in [0.15, 0.2) is 18.2 Å². The average Bonchev–Trinajstić information content (AvgIpc) is 2.56. The molecule has 0 saturated carbocycles. The van der Waals surface area contributed by atoms with E-state index in [0.717, 1.165) is 25.7 Å². The fourth-order valence-electron chi connectivity index (χ4n) is 3.35. The van der Waals surface area contributed by atoms with Crippen molar-refractivity contribution in [1.29, 1.82) is 0 Å². The van der Waals surface area contributed by atoms with Crippen LogP contribution < -0.4 is 5.32 Å². The lowest BCUT2D eigenvalue weighted by atomic mass is 9.89. The minimum Gasteiger partial charge on any atom is -0.378 e. The molecule has 1 aliphatic rings. The van der Waals surface area contributed by atoms with Gasteiger partial charge < -0.3 is 10.1 Å². The molecule has 2 unspecified atom stereocenters. The van der Waals surface area contributed by atoms with Crippen LogP contribution in [0, 0.1) is 16.0 Å². The summed E-state index contributed by atoms with van der Waals surface area (Å²) in [5.74, 6) is 0.342. The smallest absolute Gasteiger partial charge is 0.293 e. The number of hydrogen-bond acceptors (Lipinski definition) is 5. The standard InChI is InChI=1S/C18H26N2O4/c1-4-13(5-2)18-11-15(8-9-24-18)19-16-7-6-14(12(3)21)10-17(16)20(22)23/h6-7,10,13,15,18-19H,4-5,8-9,11H2,1-3H3. The molecule has 1 fully saturated rings. The van der Waals surface area contributed by atoms with E-state index >= 15 is 0 Å².